The van der Waals surface area contributed by atoms with Gasteiger partial charge in [0.2, 0.25) is 0 Å². The normalized spacial score (nSPS) is 19.4. The van der Waals surface area contributed by atoms with Crippen LogP contribution in [-0.2, 0) is 11.3 Å². The quantitative estimate of drug-likeness (QED) is 0.786. The molecule has 0 saturated heterocycles. The molecule has 0 saturated carbocycles. The van der Waals surface area contributed by atoms with Crippen molar-refractivity contribution in [2.45, 2.75) is 19.0 Å². The van der Waals surface area contributed by atoms with E-state index in [0.717, 1.165) is 32.7 Å². The zero-order chi connectivity index (χ0) is 12.1. The molecule has 1 atom stereocenters. The molecule has 1 aliphatic heterocycles. The molecule has 1 N–H and O–H groups in total. The van der Waals surface area contributed by atoms with Crippen LogP contribution in [0.4, 0.5) is 0 Å². The fraction of sp³-hybridized carbons (Fsp3) is 0.571. The zero-order valence-electron chi connectivity index (χ0n) is 10.8. The summed E-state index contributed by atoms with van der Waals surface area (Å²) in [7, 11) is 3.96. The van der Waals surface area contributed by atoms with Crippen LogP contribution in [0, 0.1) is 0 Å². The van der Waals surface area contributed by atoms with Gasteiger partial charge in [-0.1, -0.05) is 24.3 Å². The first-order valence-electron chi connectivity index (χ1n) is 6.30. The number of hydrogen-bond donors (Lipinski definition) is 1. The van der Waals surface area contributed by atoms with Gasteiger partial charge in [-0.15, -0.1) is 0 Å². The van der Waals surface area contributed by atoms with Gasteiger partial charge in [-0.25, -0.2) is 0 Å². The van der Waals surface area contributed by atoms with E-state index in [4.69, 9.17) is 4.74 Å². The first kappa shape index (κ1) is 12.6. The van der Waals surface area contributed by atoms with Crippen molar-refractivity contribution in [1.82, 2.24) is 10.2 Å². The minimum atomic E-state index is 0.497. The van der Waals surface area contributed by atoms with Crippen LogP contribution in [0.25, 0.3) is 0 Å². The van der Waals surface area contributed by atoms with Crippen molar-refractivity contribution < 1.29 is 4.74 Å². The Labute approximate surface area is 104 Å². The summed E-state index contributed by atoms with van der Waals surface area (Å²) in [6.07, 6.45) is 1.09. The second kappa shape index (κ2) is 6.15. The standard InChI is InChI=1S/C14H22N2O/c1-16(8-5-9-17-2)14-11-15-10-12-6-3-4-7-13(12)14/h3-4,6-7,14-15H,5,8-11H2,1-2H3. The van der Waals surface area contributed by atoms with Gasteiger partial charge in [0.25, 0.3) is 0 Å². The monoisotopic (exact) mass is 234 g/mol. The van der Waals surface area contributed by atoms with E-state index in [1.807, 2.05) is 0 Å². The van der Waals surface area contributed by atoms with Gasteiger partial charge >= 0.3 is 0 Å². The largest absolute Gasteiger partial charge is 0.385 e. The highest BCUT2D eigenvalue weighted by atomic mass is 16.5. The Morgan fingerprint density at radius 3 is 3.06 bits per heavy atom. The molecule has 0 aliphatic carbocycles. The Morgan fingerprint density at radius 2 is 2.24 bits per heavy atom. The third kappa shape index (κ3) is 3.06. The third-order valence-electron chi connectivity index (χ3n) is 3.46. The van der Waals surface area contributed by atoms with Crippen LogP contribution in [-0.4, -0.2) is 38.8 Å². The molecule has 0 radical (unpaired) electrons. The zero-order valence-corrected chi connectivity index (χ0v) is 10.8. The van der Waals surface area contributed by atoms with Crippen molar-refractivity contribution in [3.05, 3.63) is 35.4 Å². The summed E-state index contributed by atoms with van der Waals surface area (Å²) in [4.78, 5) is 2.42. The summed E-state index contributed by atoms with van der Waals surface area (Å²) in [6.45, 7) is 3.96. The van der Waals surface area contributed by atoms with Gasteiger partial charge in [0.05, 0.1) is 0 Å². The molecular formula is C14H22N2O. The summed E-state index contributed by atoms with van der Waals surface area (Å²) in [5.41, 5.74) is 2.91. The molecule has 1 unspecified atom stereocenters. The smallest absolute Gasteiger partial charge is 0.0474 e. The topological polar surface area (TPSA) is 24.5 Å². The fourth-order valence-corrected chi connectivity index (χ4v) is 2.48. The number of hydrogen-bond acceptors (Lipinski definition) is 3. The first-order valence-corrected chi connectivity index (χ1v) is 6.30. The van der Waals surface area contributed by atoms with E-state index < -0.39 is 0 Å². The lowest BCUT2D eigenvalue weighted by Crippen LogP contribution is -2.38. The van der Waals surface area contributed by atoms with Crippen molar-refractivity contribution in [1.29, 1.82) is 0 Å². The average molecular weight is 234 g/mol. The Kier molecular flexibility index (Phi) is 4.54. The Balaban J connectivity index is 2.02. The lowest BCUT2D eigenvalue weighted by atomic mass is 9.96. The summed E-state index contributed by atoms with van der Waals surface area (Å²) >= 11 is 0. The maximum absolute atomic E-state index is 5.11. The van der Waals surface area contributed by atoms with Crippen LogP contribution in [0.2, 0.25) is 0 Å². The Hall–Kier alpha value is -0.900. The van der Waals surface area contributed by atoms with E-state index >= 15 is 0 Å². The van der Waals surface area contributed by atoms with Gasteiger partial charge in [0, 0.05) is 39.4 Å². The van der Waals surface area contributed by atoms with Gasteiger partial charge in [0.15, 0.2) is 0 Å². The number of nitrogens with one attached hydrogen (secondary N) is 1. The number of nitrogens with zero attached hydrogens (tertiary/aromatic N) is 1. The molecule has 0 amide bonds. The summed E-state index contributed by atoms with van der Waals surface area (Å²) in [5.74, 6) is 0. The van der Waals surface area contributed by atoms with E-state index in [-0.39, 0.29) is 0 Å². The number of fused-ring (bicyclic) bond motifs is 1. The molecule has 0 bridgehead atoms. The Morgan fingerprint density at radius 1 is 1.41 bits per heavy atom. The number of likely N-dealkylation sites (N-methyl/N-ethyl adjacent to an activating group) is 1. The molecular weight excluding hydrogens is 212 g/mol. The van der Waals surface area contributed by atoms with Crippen molar-refractivity contribution in [2.75, 3.05) is 33.9 Å². The lowest BCUT2D eigenvalue weighted by molar-refractivity contribution is 0.162. The van der Waals surface area contributed by atoms with E-state index in [0.29, 0.717) is 6.04 Å². The molecule has 3 nitrogen and oxygen atoms in total. The van der Waals surface area contributed by atoms with Crippen molar-refractivity contribution in [3.8, 4) is 0 Å². The SMILES string of the molecule is COCCCN(C)C1CNCc2ccccc21. The highest BCUT2D eigenvalue weighted by Crippen LogP contribution is 2.25. The molecule has 1 aliphatic rings. The molecule has 1 aromatic rings. The second-order valence-electron chi connectivity index (χ2n) is 4.67. The van der Waals surface area contributed by atoms with Crippen molar-refractivity contribution >= 4 is 0 Å². The van der Waals surface area contributed by atoms with Crippen molar-refractivity contribution in [2.24, 2.45) is 0 Å². The highest BCUT2D eigenvalue weighted by molar-refractivity contribution is 5.32. The summed E-state index contributed by atoms with van der Waals surface area (Å²) < 4.78 is 5.11. The number of methoxy groups -OCH3 is 1. The molecule has 94 valence electrons. The van der Waals surface area contributed by atoms with Crippen molar-refractivity contribution in [3.63, 3.8) is 0 Å². The van der Waals surface area contributed by atoms with E-state index in [1.165, 1.54) is 11.1 Å². The van der Waals surface area contributed by atoms with Gasteiger partial charge in [-0.05, 0) is 24.6 Å². The van der Waals surface area contributed by atoms with Crippen LogP contribution < -0.4 is 5.32 Å². The predicted octanol–water partition coefficient (Wildman–Crippen LogP) is 1.80. The third-order valence-corrected chi connectivity index (χ3v) is 3.46. The molecule has 1 heterocycles. The second-order valence-corrected chi connectivity index (χ2v) is 4.67. The summed E-state index contributed by atoms with van der Waals surface area (Å²) in [5, 5.41) is 3.49. The number of benzene rings is 1. The molecule has 0 aromatic heterocycles. The van der Waals surface area contributed by atoms with Gasteiger partial charge in [-0.3, -0.25) is 4.90 Å². The fourth-order valence-electron chi connectivity index (χ4n) is 2.48. The minimum Gasteiger partial charge on any atom is -0.385 e. The highest BCUT2D eigenvalue weighted by Gasteiger charge is 2.22. The molecule has 2 rings (SSSR count). The van der Waals surface area contributed by atoms with E-state index in [1.54, 1.807) is 7.11 Å². The molecule has 17 heavy (non-hydrogen) atoms. The number of ether oxygens (including phenoxy) is 1. The maximum atomic E-state index is 5.11. The van der Waals surface area contributed by atoms with Crippen LogP contribution >= 0.6 is 0 Å². The molecule has 0 fully saturated rings. The molecule has 1 aromatic carbocycles. The van der Waals surface area contributed by atoms with Crippen LogP contribution in [0.15, 0.2) is 24.3 Å². The first-order chi connectivity index (χ1) is 8.33. The Bertz CT molecular complexity index is 354. The van der Waals surface area contributed by atoms with Gasteiger partial charge in [-0.2, -0.15) is 0 Å². The van der Waals surface area contributed by atoms with Crippen LogP contribution in [0.5, 0.6) is 0 Å². The minimum absolute atomic E-state index is 0.497. The van der Waals surface area contributed by atoms with Crippen LogP contribution in [0.3, 0.4) is 0 Å². The van der Waals surface area contributed by atoms with Gasteiger partial charge in [0.1, 0.15) is 0 Å². The molecule has 0 spiro atoms. The lowest BCUT2D eigenvalue weighted by Gasteiger charge is -2.33. The van der Waals surface area contributed by atoms with E-state index in [9.17, 15) is 0 Å². The van der Waals surface area contributed by atoms with Crippen LogP contribution in [0.1, 0.15) is 23.6 Å². The number of rotatable bonds is 5. The molecule has 3 heteroatoms. The maximum Gasteiger partial charge on any atom is 0.0474 e. The average Bonchev–Trinajstić information content (AvgIpc) is 2.38. The van der Waals surface area contributed by atoms with E-state index in [2.05, 4.69) is 41.5 Å². The summed E-state index contributed by atoms with van der Waals surface area (Å²) in [6, 6.07) is 9.23. The van der Waals surface area contributed by atoms with Gasteiger partial charge < -0.3 is 10.1 Å². The predicted molar refractivity (Wildman–Crippen MR) is 70.0 cm³/mol.